The van der Waals surface area contributed by atoms with Gasteiger partial charge in [-0.15, -0.1) is 0 Å². The van der Waals surface area contributed by atoms with E-state index in [9.17, 15) is 18.7 Å². The quantitative estimate of drug-likeness (QED) is 0.243. The molecule has 1 saturated heterocycles. The first kappa shape index (κ1) is 29.2. The number of benzene rings is 2. The van der Waals surface area contributed by atoms with Gasteiger partial charge in [-0.3, -0.25) is 14.4 Å². The molecule has 2 aromatic carbocycles. The van der Waals surface area contributed by atoms with Crippen LogP contribution in [0.2, 0.25) is 0 Å². The topological polar surface area (TPSA) is 128 Å². The summed E-state index contributed by atoms with van der Waals surface area (Å²) < 4.78 is 46.2. The Kier molecular flexibility index (Phi) is 8.45. The number of amides is 1. The number of hydrogen-bond donors (Lipinski definition) is 2. The minimum atomic E-state index is -3.09. The summed E-state index contributed by atoms with van der Waals surface area (Å²) in [5, 5.41) is 21.1. The molecule has 0 spiro atoms. The molecule has 2 N–H and O–H groups in total. The van der Waals surface area contributed by atoms with Crippen LogP contribution in [0.4, 0.5) is 14.5 Å². The Balaban J connectivity index is 1.28. The first-order valence-corrected chi connectivity index (χ1v) is 13.8. The lowest BCUT2D eigenvalue weighted by Gasteiger charge is -2.34. The highest BCUT2D eigenvalue weighted by atomic mass is 19.3. The minimum Gasteiger partial charge on any atom is -0.457 e. The predicted octanol–water partition coefficient (Wildman–Crippen LogP) is 3.97. The third-order valence-electron chi connectivity index (χ3n) is 7.10. The zero-order chi connectivity index (χ0) is 30.6. The molecular weight excluding hydrogens is 576 g/mol. The number of aryl methyl sites for hydroxylation is 1. The fourth-order valence-corrected chi connectivity index (χ4v) is 5.06. The second-order valence-corrected chi connectivity index (χ2v) is 10.1. The number of hydrogen-bond acceptors (Lipinski definition) is 9. The van der Waals surface area contributed by atoms with Crippen molar-refractivity contribution in [2.24, 2.45) is 7.05 Å². The summed E-state index contributed by atoms with van der Waals surface area (Å²) in [6, 6.07) is 13.5. The highest BCUT2D eigenvalue weighted by Gasteiger charge is 2.24. The summed E-state index contributed by atoms with van der Waals surface area (Å²) in [6.07, 6.45) is 6.16. The Hall–Kier alpha value is -4.92. The Labute approximate surface area is 250 Å². The van der Waals surface area contributed by atoms with Crippen LogP contribution in [0.25, 0.3) is 16.9 Å². The van der Waals surface area contributed by atoms with Crippen LogP contribution in [-0.4, -0.2) is 79.3 Å². The standard InChI is InChI=1S/C30H29F2N7O5/c1-37-16-25(35-29(41)24-14-34-39-9-3-8-33-28(24)39)27(36-37)23-13-22(6-7-26(23)44-30(31)32)43-21-5-2-4-19(12-21)15-38-10-11-42-18-20(38)17-40/h2-9,12-14,16,20,30,40H,10-11,15,17-18H2,1H3,(H,35,41). The highest BCUT2D eigenvalue weighted by Crippen LogP contribution is 2.39. The zero-order valence-electron chi connectivity index (χ0n) is 23.6. The molecule has 3 aromatic heterocycles. The number of aromatic nitrogens is 5. The number of nitrogens with one attached hydrogen (secondary N) is 1. The molecule has 0 aliphatic carbocycles. The molecule has 0 bridgehead atoms. The van der Waals surface area contributed by atoms with Crippen molar-refractivity contribution in [3.05, 3.63) is 84.4 Å². The predicted molar refractivity (Wildman–Crippen MR) is 155 cm³/mol. The molecule has 1 aliphatic rings. The number of anilines is 1. The van der Waals surface area contributed by atoms with Gasteiger partial charge in [0.15, 0.2) is 5.65 Å². The van der Waals surface area contributed by atoms with Crippen LogP contribution < -0.4 is 14.8 Å². The molecule has 6 rings (SSSR count). The van der Waals surface area contributed by atoms with Crippen molar-refractivity contribution in [1.29, 1.82) is 0 Å². The number of rotatable bonds is 10. The van der Waals surface area contributed by atoms with E-state index in [1.165, 1.54) is 33.6 Å². The van der Waals surface area contributed by atoms with Crippen molar-refractivity contribution >= 4 is 17.2 Å². The van der Waals surface area contributed by atoms with E-state index in [0.717, 1.165) is 5.56 Å². The van der Waals surface area contributed by atoms with Crippen LogP contribution in [0.1, 0.15) is 15.9 Å². The van der Waals surface area contributed by atoms with Gasteiger partial charge >= 0.3 is 6.61 Å². The Bertz CT molecular complexity index is 1780. The highest BCUT2D eigenvalue weighted by molar-refractivity contribution is 6.09. The molecule has 12 nitrogen and oxygen atoms in total. The summed E-state index contributed by atoms with van der Waals surface area (Å²) in [7, 11) is 1.64. The van der Waals surface area contributed by atoms with E-state index in [4.69, 9.17) is 14.2 Å². The molecule has 4 heterocycles. The minimum absolute atomic E-state index is 0.00194. The van der Waals surface area contributed by atoms with E-state index >= 15 is 0 Å². The first-order chi connectivity index (χ1) is 21.4. The lowest BCUT2D eigenvalue weighted by molar-refractivity contribution is -0.0495. The first-order valence-electron chi connectivity index (χ1n) is 13.8. The van der Waals surface area contributed by atoms with Crippen LogP contribution in [0.15, 0.2) is 73.3 Å². The molecule has 44 heavy (non-hydrogen) atoms. The van der Waals surface area contributed by atoms with Gasteiger partial charge in [0.1, 0.15) is 28.5 Å². The number of halogens is 2. The number of fused-ring (bicyclic) bond motifs is 1. The van der Waals surface area contributed by atoms with Crippen molar-refractivity contribution in [3.8, 4) is 28.5 Å². The average molecular weight is 606 g/mol. The Morgan fingerprint density at radius 2 is 2.07 bits per heavy atom. The molecule has 5 aromatic rings. The van der Waals surface area contributed by atoms with Gasteiger partial charge in [0.2, 0.25) is 0 Å². The fourth-order valence-electron chi connectivity index (χ4n) is 5.06. The molecule has 0 saturated carbocycles. The summed E-state index contributed by atoms with van der Waals surface area (Å²) in [6.45, 7) is -0.743. The lowest BCUT2D eigenvalue weighted by Crippen LogP contribution is -2.46. The summed E-state index contributed by atoms with van der Waals surface area (Å²) in [5.41, 5.74) is 2.20. The van der Waals surface area contributed by atoms with E-state index in [0.29, 0.717) is 43.4 Å². The van der Waals surface area contributed by atoms with Gasteiger partial charge in [0.25, 0.3) is 5.91 Å². The second-order valence-electron chi connectivity index (χ2n) is 10.1. The summed E-state index contributed by atoms with van der Waals surface area (Å²) >= 11 is 0. The van der Waals surface area contributed by atoms with Crippen LogP contribution in [0.3, 0.4) is 0 Å². The molecule has 228 valence electrons. The van der Waals surface area contributed by atoms with E-state index in [1.807, 2.05) is 18.2 Å². The Morgan fingerprint density at radius 3 is 2.91 bits per heavy atom. The molecule has 1 aliphatic heterocycles. The third kappa shape index (κ3) is 6.37. The fraction of sp³-hybridized carbons (Fsp3) is 0.267. The molecule has 1 amide bonds. The SMILES string of the molecule is Cn1cc(NC(=O)c2cnn3cccnc23)c(-c2cc(Oc3cccc(CN4CCOCC4CO)c3)ccc2OC(F)F)n1. The van der Waals surface area contributed by atoms with E-state index in [2.05, 4.69) is 25.4 Å². The van der Waals surface area contributed by atoms with Crippen molar-refractivity contribution in [2.75, 3.05) is 31.7 Å². The maximum absolute atomic E-state index is 13.4. The second kappa shape index (κ2) is 12.8. The molecule has 1 unspecified atom stereocenters. The van der Waals surface area contributed by atoms with Crippen LogP contribution >= 0.6 is 0 Å². The normalized spacial score (nSPS) is 15.5. The van der Waals surface area contributed by atoms with Crippen molar-refractivity contribution in [2.45, 2.75) is 19.2 Å². The molecular formula is C30H29F2N7O5. The van der Waals surface area contributed by atoms with E-state index in [1.54, 1.807) is 37.8 Å². The van der Waals surface area contributed by atoms with Gasteiger partial charge in [-0.2, -0.15) is 19.0 Å². The van der Waals surface area contributed by atoms with Gasteiger partial charge in [-0.25, -0.2) is 9.50 Å². The maximum atomic E-state index is 13.4. The number of nitrogens with zero attached hydrogens (tertiary/aromatic N) is 6. The summed E-state index contributed by atoms with van der Waals surface area (Å²) in [4.78, 5) is 19.6. The largest absolute Gasteiger partial charge is 0.457 e. The smallest absolute Gasteiger partial charge is 0.387 e. The zero-order valence-corrected chi connectivity index (χ0v) is 23.6. The monoisotopic (exact) mass is 605 g/mol. The molecule has 1 fully saturated rings. The van der Waals surface area contributed by atoms with Crippen molar-refractivity contribution < 1.29 is 32.9 Å². The summed E-state index contributed by atoms with van der Waals surface area (Å²) in [5.74, 6) is 0.223. The lowest BCUT2D eigenvalue weighted by atomic mass is 10.1. The van der Waals surface area contributed by atoms with Gasteiger partial charge in [-0.05, 0) is 42.0 Å². The number of aliphatic hydroxyl groups is 1. The third-order valence-corrected chi connectivity index (χ3v) is 7.10. The maximum Gasteiger partial charge on any atom is 0.387 e. The van der Waals surface area contributed by atoms with Crippen LogP contribution in [0, 0.1) is 0 Å². The Morgan fingerprint density at radius 1 is 1.20 bits per heavy atom. The number of aliphatic hydroxyl groups excluding tert-OH is 1. The van der Waals surface area contributed by atoms with E-state index < -0.39 is 12.5 Å². The van der Waals surface area contributed by atoms with Crippen LogP contribution in [0.5, 0.6) is 17.2 Å². The molecule has 1 atom stereocenters. The van der Waals surface area contributed by atoms with E-state index in [-0.39, 0.29) is 40.9 Å². The van der Waals surface area contributed by atoms with Gasteiger partial charge in [-0.1, -0.05) is 12.1 Å². The van der Waals surface area contributed by atoms with Gasteiger partial charge < -0.3 is 24.6 Å². The van der Waals surface area contributed by atoms with Gasteiger partial charge in [0.05, 0.1) is 43.3 Å². The number of morpholine rings is 1. The molecule has 0 radical (unpaired) electrons. The number of carbonyl (C=O) groups is 1. The molecule has 14 heteroatoms. The van der Waals surface area contributed by atoms with Gasteiger partial charge in [0, 0.05) is 38.7 Å². The van der Waals surface area contributed by atoms with Crippen molar-refractivity contribution in [3.63, 3.8) is 0 Å². The average Bonchev–Trinajstić information content (AvgIpc) is 3.61. The van der Waals surface area contributed by atoms with Crippen molar-refractivity contribution in [1.82, 2.24) is 29.3 Å². The number of carbonyl (C=O) groups excluding carboxylic acids is 1. The van der Waals surface area contributed by atoms with Crippen LogP contribution in [-0.2, 0) is 18.3 Å². The number of alkyl halides is 2. The number of ether oxygens (including phenoxy) is 3.